The van der Waals surface area contributed by atoms with E-state index in [1.165, 1.54) is 0 Å². The topological polar surface area (TPSA) is 98.2 Å². The van der Waals surface area contributed by atoms with Crippen LogP contribution in [0.4, 0.5) is 5.69 Å². The number of nitrogens with one attached hydrogen (secondary N) is 2. The Bertz CT molecular complexity index is 1230. The number of carbonyl (C=O) groups is 2. The molecule has 0 radical (unpaired) electrons. The van der Waals surface area contributed by atoms with Gasteiger partial charge in [0.25, 0.3) is 11.8 Å². The van der Waals surface area contributed by atoms with Crippen LogP contribution in [0.1, 0.15) is 54.0 Å². The van der Waals surface area contributed by atoms with Crippen LogP contribution in [0.2, 0.25) is 5.02 Å². The molecule has 0 fully saturated rings. The molecule has 37 heavy (non-hydrogen) atoms. The quantitative estimate of drug-likeness (QED) is 0.239. The van der Waals surface area contributed by atoms with Crippen molar-refractivity contribution in [1.29, 1.82) is 0 Å². The second-order valence-corrected chi connectivity index (χ2v) is 8.21. The number of anilines is 1. The van der Waals surface area contributed by atoms with Gasteiger partial charge >= 0.3 is 0 Å². The Kier molecular flexibility index (Phi) is 9.92. The first-order valence-electron chi connectivity index (χ1n) is 11.9. The molecule has 0 saturated heterocycles. The van der Waals surface area contributed by atoms with Gasteiger partial charge in [-0.25, -0.2) is 5.43 Å². The molecule has 0 aliphatic heterocycles. The van der Waals surface area contributed by atoms with E-state index in [1.807, 2.05) is 20.8 Å². The first kappa shape index (κ1) is 27.5. The molecular weight excluding hydrogens is 494 g/mol. The normalized spacial score (nSPS) is 11.0. The van der Waals surface area contributed by atoms with E-state index in [-0.39, 0.29) is 5.91 Å². The molecule has 2 amide bonds. The summed E-state index contributed by atoms with van der Waals surface area (Å²) in [4.78, 5) is 25.3. The van der Waals surface area contributed by atoms with Gasteiger partial charge in [0.15, 0.2) is 11.5 Å². The van der Waals surface area contributed by atoms with Gasteiger partial charge in [-0.1, -0.05) is 23.7 Å². The van der Waals surface area contributed by atoms with E-state index in [0.717, 1.165) is 5.56 Å². The summed E-state index contributed by atoms with van der Waals surface area (Å²) in [6.07, 6.45) is 0. The third kappa shape index (κ3) is 7.47. The van der Waals surface area contributed by atoms with Gasteiger partial charge in [-0.3, -0.25) is 9.59 Å². The predicted molar refractivity (Wildman–Crippen MR) is 145 cm³/mol. The lowest BCUT2D eigenvalue weighted by Gasteiger charge is -2.16. The summed E-state index contributed by atoms with van der Waals surface area (Å²) in [6, 6.07) is 17.0. The van der Waals surface area contributed by atoms with E-state index in [2.05, 4.69) is 15.8 Å². The van der Waals surface area contributed by atoms with E-state index in [1.54, 1.807) is 67.6 Å². The van der Waals surface area contributed by atoms with Gasteiger partial charge in [-0.05, 0) is 81.8 Å². The van der Waals surface area contributed by atoms with Gasteiger partial charge in [0, 0.05) is 21.8 Å². The van der Waals surface area contributed by atoms with E-state index < -0.39 is 5.91 Å². The molecule has 0 saturated carbocycles. The molecule has 0 atom stereocenters. The van der Waals surface area contributed by atoms with Crippen LogP contribution in [0, 0.1) is 0 Å². The van der Waals surface area contributed by atoms with Crippen molar-refractivity contribution in [3.05, 3.63) is 82.4 Å². The van der Waals surface area contributed by atoms with E-state index in [4.69, 9.17) is 25.8 Å². The van der Waals surface area contributed by atoms with Gasteiger partial charge in [0.2, 0.25) is 5.75 Å². The fraction of sp³-hybridized carbons (Fsp3) is 0.250. The lowest BCUT2D eigenvalue weighted by atomic mass is 10.1. The number of hydrogen-bond acceptors (Lipinski definition) is 6. The Morgan fingerprint density at radius 2 is 1.30 bits per heavy atom. The monoisotopic (exact) mass is 523 g/mol. The highest BCUT2D eigenvalue weighted by Crippen LogP contribution is 2.39. The lowest BCUT2D eigenvalue weighted by molar-refractivity contribution is 0.0952. The standard InChI is InChI=1S/C28H30ClN3O5/c1-5-35-24-16-21(17-25(36-6-2)26(24)37-7-3)28(34)32-31-18(4)19-10-14-23(15-11-19)30-27(33)20-8-12-22(29)13-9-20/h8-17H,5-7H2,1-4H3,(H,30,33)(H,32,34)/b31-18-. The molecule has 3 aromatic carbocycles. The molecule has 8 nitrogen and oxygen atoms in total. The molecule has 0 aliphatic rings. The van der Waals surface area contributed by atoms with E-state index in [0.29, 0.717) is 64.6 Å². The zero-order valence-corrected chi connectivity index (χ0v) is 22.0. The average molecular weight is 524 g/mol. The minimum atomic E-state index is -0.420. The van der Waals surface area contributed by atoms with Crippen molar-refractivity contribution in [3.63, 3.8) is 0 Å². The van der Waals surface area contributed by atoms with Gasteiger partial charge in [0.05, 0.1) is 25.5 Å². The number of ether oxygens (including phenoxy) is 3. The molecule has 0 unspecified atom stereocenters. The zero-order valence-electron chi connectivity index (χ0n) is 21.3. The first-order chi connectivity index (χ1) is 17.9. The molecule has 2 N–H and O–H groups in total. The number of hydrazone groups is 1. The van der Waals surface area contributed by atoms with Gasteiger partial charge < -0.3 is 19.5 Å². The van der Waals surface area contributed by atoms with Crippen molar-refractivity contribution < 1.29 is 23.8 Å². The smallest absolute Gasteiger partial charge is 0.271 e. The Morgan fingerprint density at radius 3 is 1.84 bits per heavy atom. The van der Waals surface area contributed by atoms with Gasteiger partial charge in [0.1, 0.15) is 0 Å². The number of nitrogens with zero attached hydrogens (tertiary/aromatic N) is 1. The molecule has 0 spiro atoms. The van der Waals surface area contributed by atoms with Crippen molar-refractivity contribution in [2.24, 2.45) is 5.10 Å². The van der Waals surface area contributed by atoms with Crippen molar-refractivity contribution in [3.8, 4) is 17.2 Å². The minimum absolute atomic E-state index is 0.240. The van der Waals surface area contributed by atoms with Crippen LogP contribution in [0.25, 0.3) is 0 Å². The Hall–Kier alpha value is -4.04. The van der Waals surface area contributed by atoms with E-state index >= 15 is 0 Å². The fourth-order valence-electron chi connectivity index (χ4n) is 3.38. The highest BCUT2D eigenvalue weighted by molar-refractivity contribution is 6.30. The summed E-state index contributed by atoms with van der Waals surface area (Å²) in [7, 11) is 0. The Morgan fingerprint density at radius 1 is 0.757 bits per heavy atom. The summed E-state index contributed by atoms with van der Waals surface area (Å²) in [5.41, 5.74) is 5.40. The number of carbonyl (C=O) groups excluding carboxylic acids is 2. The number of rotatable bonds is 11. The maximum atomic E-state index is 12.9. The maximum absolute atomic E-state index is 12.9. The molecule has 9 heteroatoms. The summed E-state index contributed by atoms with van der Waals surface area (Å²) in [5.74, 6) is 0.659. The van der Waals surface area contributed by atoms with Gasteiger partial charge in [-0.2, -0.15) is 5.10 Å². The number of hydrogen-bond donors (Lipinski definition) is 2. The van der Waals surface area contributed by atoms with Crippen LogP contribution in [-0.4, -0.2) is 37.3 Å². The third-order valence-electron chi connectivity index (χ3n) is 5.16. The molecule has 0 aliphatic carbocycles. The molecule has 3 rings (SSSR count). The first-order valence-corrected chi connectivity index (χ1v) is 12.3. The average Bonchev–Trinajstić information content (AvgIpc) is 2.89. The van der Waals surface area contributed by atoms with Crippen LogP contribution in [0.15, 0.2) is 65.8 Å². The predicted octanol–water partition coefficient (Wildman–Crippen LogP) is 5.94. The molecule has 0 aromatic heterocycles. The largest absolute Gasteiger partial charge is 0.490 e. The summed E-state index contributed by atoms with van der Waals surface area (Å²) < 4.78 is 17.0. The summed E-state index contributed by atoms with van der Waals surface area (Å²) in [6.45, 7) is 8.59. The second kappa shape index (κ2) is 13.3. The Labute approximate surface area is 221 Å². The van der Waals surface area contributed by atoms with Gasteiger partial charge in [-0.15, -0.1) is 0 Å². The molecule has 3 aromatic rings. The van der Waals surface area contributed by atoms with Crippen LogP contribution >= 0.6 is 11.6 Å². The minimum Gasteiger partial charge on any atom is -0.490 e. The van der Waals surface area contributed by atoms with Crippen molar-refractivity contribution in [2.75, 3.05) is 25.1 Å². The summed E-state index contributed by atoms with van der Waals surface area (Å²) in [5, 5.41) is 7.63. The van der Waals surface area contributed by atoms with Crippen molar-refractivity contribution >= 4 is 34.8 Å². The zero-order chi connectivity index (χ0) is 26.8. The van der Waals surface area contributed by atoms with E-state index in [9.17, 15) is 9.59 Å². The van der Waals surface area contributed by atoms with Crippen molar-refractivity contribution in [2.45, 2.75) is 27.7 Å². The molecule has 0 bridgehead atoms. The number of halogens is 1. The molecule has 0 heterocycles. The maximum Gasteiger partial charge on any atom is 0.271 e. The second-order valence-electron chi connectivity index (χ2n) is 7.78. The lowest BCUT2D eigenvalue weighted by Crippen LogP contribution is -2.20. The molecule has 194 valence electrons. The van der Waals surface area contributed by atoms with Crippen LogP contribution in [0.3, 0.4) is 0 Å². The SMILES string of the molecule is CCOc1cc(C(=O)N/N=C(/C)c2ccc(NC(=O)c3ccc(Cl)cc3)cc2)cc(OCC)c1OCC. The molecular formula is C28H30ClN3O5. The number of benzene rings is 3. The highest BCUT2D eigenvalue weighted by Gasteiger charge is 2.18. The van der Waals surface area contributed by atoms with Crippen molar-refractivity contribution in [1.82, 2.24) is 5.43 Å². The van der Waals surface area contributed by atoms with Crippen LogP contribution in [0.5, 0.6) is 17.2 Å². The number of amides is 2. The summed E-state index contributed by atoms with van der Waals surface area (Å²) >= 11 is 5.88. The third-order valence-corrected chi connectivity index (χ3v) is 5.42. The fourth-order valence-corrected chi connectivity index (χ4v) is 3.51. The van der Waals surface area contributed by atoms with Crippen LogP contribution in [-0.2, 0) is 0 Å². The van der Waals surface area contributed by atoms with Crippen LogP contribution < -0.4 is 25.0 Å². The Balaban J connectivity index is 1.70. The highest BCUT2D eigenvalue weighted by atomic mass is 35.5.